The van der Waals surface area contributed by atoms with E-state index < -0.39 is 0 Å². The third-order valence-electron chi connectivity index (χ3n) is 5.11. The zero-order chi connectivity index (χ0) is 15.6. The van der Waals surface area contributed by atoms with Crippen LogP contribution in [0.5, 0.6) is 0 Å². The second kappa shape index (κ2) is 6.17. The molecule has 0 bridgehead atoms. The number of benzene rings is 2. The van der Waals surface area contributed by atoms with E-state index in [-0.39, 0.29) is 0 Å². The Bertz CT molecular complexity index is 772. The van der Waals surface area contributed by atoms with Gasteiger partial charge in [0.25, 0.3) is 0 Å². The molecule has 23 heavy (non-hydrogen) atoms. The first-order valence-corrected chi connectivity index (χ1v) is 8.62. The molecule has 2 aromatic carbocycles. The molecule has 2 atom stereocenters. The number of nitrogens with zero attached hydrogens (tertiary/aromatic N) is 1. The first kappa shape index (κ1) is 14.5. The fourth-order valence-electron chi connectivity index (χ4n) is 3.79. The van der Waals surface area contributed by atoms with Gasteiger partial charge in [-0.05, 0) is 37.5 Å². The fraction of sp³-hybridized carbons (Fsp3) is 0.350. The quantitative estimate of drug-likeness (QED) is 0.766. The van der Waals surface area contributed by atoms with E-state index in [2.05, 4.69) is 60.4 Å². The number of aryl methyl sites for hydroxylation is 1. The van der Waals surface area contributed by atoms with Crippen LogP contribution in [0, 0.1) is 6.92 Å². The number of para-hydroxylation sites is 2. The molecule has 4 rings (SSSR count). The number of rotatable bonds is 3. The number of aromatic nitrogens is 2. The minimum atomic E-state index is 0.551. The number of piperidine rings is 1. The molecule has 3 heteroatoms. The molecule has 1 aliphatic rings. The van der Waals surface area contributed by atoms with Crippen LogP contribution in [0.2, 0.25) is 0 Å². The topological polar surface area (TPSA) is 33.1 Å². The Kier molecular flexibility index (Phi) is 3.88. The lowest BCUT2D eigenvalue weighted by Gasteiger charge is -2.29. The molecule has 1 unspecified atom stereocenters. The summed E-state index contributed by atoms with van der Waals surface area (Å²) in [5.41, 5.74) is 5.14. The summed E-state index contributed by atoms with van der Waals surface area (Å²) in [7, 11) is 0. The van der Waals surface area contributed by atoms with E-state index in [4.69, 9.17) is 4.98 Å². The summed E-state index contributed by atoms with van der Waals surface area (Å²) >= 11 is 0. The van der Waals surface area contributed by atoms with Crippen molar-refractivity contribution in [1.29, 1.82) is 0 Å². The van der Waals surface area contributed by atoms with Gasteiger partial charge in [-0.3, -0.25) is 0 Å². The van der Waals surface area contributed by atoms with Crippen LogP contribution in [0.15, 0.2) is 48.5 Å². The number of hydrogen-bond donors (Lipinski definition) is 2. The summed E-state index contributed by atoms with van der Waals surface area (Å²) in [6.07, 6.45) is 2.53. The van der Waals surface area contributed by atoms with Gasteiger partial charge in [0, 0.05) is 5.56 Å². The lowest BCUT2D eigenvalue weighted by atomic mass is 9.96. The maximum Gasteiger partial charge on any atom is 0.116 e. The van der Waals surface area contributed by atoms with E-state index in [0.29, 0.717) is 5.92 Å². The number of quaternary nitrogens is 1. The number of imidazole rings is 1. The molecule has 3 nitrogen and oxygen atoms in total. The molecule has 3 aromatic rings. The van der Waals surface area contributed by atoms with E-state index in [1.807, 2.05) is 0 Å². The SMILES string of the molecule is Cc1ccccc1C[NH+]1CCC[C@@H](c2nc3ccccc3[nH]2)C1. The van der Waals surface area contributed by atoms with Crippen LogP contribution >= 0.6 is 0 Å². The molecule has 0 radical (unpaired) electrons. The molecule has 2 N–H and O–H groups in total. The number of hydrogen-bond acceptors (Lipinski definition) is 1. The third-order valence-corrected chi connectivity index (χ3v) is 5.11. The molecule has 0 aliphatic carbocycles. The smallest absolute Gasteiger partial charge is 0.116 e. The maximum atomic E-state index is 4.83. The summed E-state index contributed by atoms with van der Waals surface area (Å²) in [5, 5.41) is 0. The molecule has 2 heterocycles. The summed E-state index contributed by atoms with van der Waals surface area (Å²) in [6, 6.07) is 17.1. The molecule has 0 spiro atoms. The largest absolute Gasteiger partial charge is 0.342 e. The van der Waals surface area contributed by atoms with Gasteiger partial charge in [0.15, 0.2) is 0 Å². The Balaban J connectivity index is 1.51. The average Bonchev–Trinajstić information content (AvgIpc) is 3.01. The van der Waals surface area contributed by atoms with E-state index >= 15 is 0 Å². The molecule has 1 aromatic heterocycles. The van der Waals surface area contributed by atoms with Crippen LogP contribution in [0.4, 0.5) is 0 Å². The van der Waals surface area contributed by atoms with Crippen LogP contribution < -0.4 is 4.90 Å². The molecule has 1 aliphatic heterocycles. The van der Waals surface area contributed by atoms with E-state index in [1.54, 1.807) is 4.90 Å². The monoisotopic (exact) mass is 306 g/mol. The normalized spacial score (nSPS) is 21.6. The van der Waals surface area contributed by atoms with Crippen molar-refractivity contribution in [2.75, 3.05) is 13.1 Å². The molecule has 0 amide bonds. The van der Waals surface area contributed by atoms with Crippen LogP contribution in [0.3, 0.4) is 0 Å². The Labute approximate surface area is 137 Å². The number of H-pyrrole nitrogens is 1. The van der Waals surface area contributed by atoms with Crippen molar-refractivity contribution >= 4 is 11.0 Å². The average molecular weight is 306 g/mol. The van der Waals surface area contributed by atoms with Gasteiger partial charge < -0.3 is 9.88 Å². The minimum Gasteiger partial charge on any atom is -0.342 e. The number of fused-ring (bicyclic) bond motifs is 1. The predicted molar refractivity (Wildman–Crippen MR) is 93.6 cm³/mol. The van der Waals surface area contributed by atoms with Crippen molar-refractivity contribution in [2.24, 2.45) is 0 Å². The Hall–Kier alpha value is -2.13. The van der Waals surface area contributed by atoms with Crippen molar-refractivity contribution in [1.82, 2.24) is 9.97 Å². The minimum absolute atomic E-state index is 0.551. The Morgan fingerprint density at radius 1 is 1.13 bits per heavy atom. The first-order chi connectivity index (χ1) is 11.3. The van der Waals surface area contributed by atoms with Gasteiger partial charge >= 0.3 is 0 Å². The summed E-state index contributed by atoms with van der Waals surface area (Å²) in [6.45, 7) is 5.79. The van der Waals surface area contributed by atoms with Gasteiger partial charge in [-0.15, -0.1) is 0 Å². The molecular weight excluding hydrogens is 282 g/mol. The van der Waals surface area contributed by atoms with E-state index in [0.717, 1.165) is 17.6 Å². The summed E-state index contributed by atoms with van der Waals surface area (Å²) in [5.74, 6) is 1.73. The number of aromatic amines is 1. The zero-order valence-electron chi connectivity index (χ0n) is 13.7. The maximum absolute atomic E-state index is 4.83. The van der Waals surface area contributed by atoms with Gasteiger partial charge in [-0.1, -0.05) is 36.4 Å². The van der Waals surface area contributed by atoms with Crippen LogP contribution in [-0.4, -0.2) is 23.1 Å². The highest BCUT2D eigenvalue weighted by atomic mass is 15.1. The predicted octanol–water partition coefficient (Wildman–Crippen LogP) is 2.83. The second-order valence-electron chi connectivity index (χ2n) is 6.79. The summed E-state index contributed by atoms with van der Waals surface area (Å²) < 4.78 is 0. The zero-order valence-corrected chi connectivity index (χ0v) is 13.7. The second-order valence-corrected chi connectivity index (χ2v) is 6.79. The van der Waals surface area contributed by atoms with E-state index in [1.165, 1.54) is 42.9 Å². The number of nitrogens with one attached hydrogen (secondary N) is 2. The van der Waals surface area contributed by atoms with Crippen molar-refractivity contribution in [3.63, 3.8) is 0 Å². The highest BCUT2D eigenvalue weighted by molar-refractivity contribution is 5.74. The number of likely N-dealkylation sites (tertiary alicyclic amines) is 1. The molecule has 0 saturated carbocycles. The highest BCUT2D eigenvalue weighted by Crippen LogP contribution is 2.22. The van der Waals surface area contributed by atoms with Gasteiger partial charge in [0.1, 0.15) is 12.4 Å². The van der Waals surface area contributed by atoms with Gasteiger partial charge in [-0.2, -0.15) is 0 Å². The van der Waals surface area contributed by atoms with Gasteiger partial charge in [0.2, 0.25) is 0 Å². The van der Waals surface area contributed by atoms with Crippen molar-refractivity contribution in [3.05, 3.63) is 65.5 Å². The van der Waals surface area contributed by atoms with Crippen LogP contribution in [0.25, 0.3) is 11.0 Å². The Morgan fingerprint density at radius 2 is 1.96 bits per heavy atom. The van der Waals surface area contributed by atoms with Crippen LogP contribution in [-0.2, 0) is 6.54 Å². The van der Waals surface area contributed by atoms with E-state index in [9.17, 15) is 0 Å². The fourth-order valence-corrected chi connectivity index (χ4v) is 3.79. The molecule has 1 saturated heterocycles. The standard InChI is InChI=1S/C20H23N3/c1-15-7-2-3-8-16(15)13-23-12-6-9-17(14-23)20-21-18-10-4-5-11-19(18)22-20/h2-5,7-8,10-11,17H,6,9,12-14H2,1H3,(H,21,22)/p+1/t17-/m1/s1. The third kappa shape index (κ3) is 3.02. The van der Waals surface area contributed by atoms with Crippen LogP contribution in [0.1, 0.15) is 35.7 Å². The van der Waals surface area contributed by atoms with Gasteiger partial charge in [0.05, 0.1) is 30.0 Å². The Morgan fingerprint density at radius 3 is 2.83 bits per heavy atom. The van der Waals surface area contributed by atoms with Crippen molar-refractivity contribution in [3.8, 4) is 0 Å². The molecular formula is C20H24N3+. The molecule has 118 valence electrons. The summed E-state index contributed by atoms with van der Waals surface area (Å²) in [4.78, 5) is 10.0. The van der Waals surface area contributed by atoms with Crippen molar-refractivity contribution < 1.29 is 4.90 Å². The molecule has 1 fully saturated rings. The lowest BCUT2D eigenvalue weighted by Crippen LogP contribution is -3.12. The van der Waals surface area contributed by atoms with Gasteiger partial charge in [-0.25, -0.2) is 4.98 Å². The lowest BCUT2D eigenvalue weighted by molar-refractivity contribution is -0.920. The van der Waals surface area contributed by atoms with Crippen molar-refractivity contribution in [2.45, 2.75) is 32.2 Å². The first-order valence-electron chi connectivity index (χ1n) is 8.62. The highest BCUT2D eigenvalue weighted by Gasteiger charge is 2.27.